The van der Waals surface area contributed by atoms with E-state index in [1.165, 1.54) is 27.4 Å². The molecule has 15 nitrogen and oxygen atoms in total. The van der Waals surface area contributed by atoms with E-state index in [1.54, 1.807) is 26.0 Å². The lowest BCUT2D eigenvalue weighted by atomic mass is 9.84. The van der Waals surface area contributed by atoms with Crippen LogP contribution < -0.4 is 10.7 Å². The lowest BCUT2D eigenvalue weighted by molar-refractivity contribution is -0.156. The number of cyclic esters (lactones) is 1. The van der Waals surface area contributed by atoms with Gasteiger partial charge >= 0.3 is 5.97 Å². The molecule has 1 aromatic heterocycles. The molecule has 67 heavy (non-hydrogen) atoms. The highest BCUT2D eigenvalue weighted by molar-refractivity contribution is 5.97. The molecule has 0 radical (unpaired) electrons. The second kappa shape index (κ2) is 19.7. The Morgan fingerprint density at radius 2 is 1.78 bits per heavy atom. The van der Waals surface area contributed by atoms with Gasteiger partial charge in [0.25, 0.3) is 11.8 Å². The molecule has 7 rings (SSSR count). The minimum atomic E-state index is -1.92. The first kappa shape index (κ1) is 48.9. The molecular formula is C52H67N7O8. The molecule has 3 aliphatic heterocycles. The Bertz CT molecular complexity index is 2570. The predicted molar refractivity (Wildman–Crippen MR) is 257 cm³/mol. The van der Waals surface area contributed by atoms with Gasteiger partial charge < -0.3 is 39.5 Å². The van der Waals surface area contributed by atoms with E-state index in [9.17, 15) is 34.2 Å². The number of benzene rings is 3. The van der Waals surface area contributed by atoms with Gasteiger partial charge in [-0.3, -0.25) is 29.0 Å². The van der Waals surface area contributed by atoms with E-state index >= 15 is 0 Å². The van der Waals surface area contributed by atoms with E-state index in [4.69, 9.17) is 4.74 Å². The van der Waals surface area contributed by atoms with Gasteiger partial charge in [-0.15, -0.1) is 0 Å². The summed E-state index contributed by atoms with van der Waals surface area (Å²) in [5.41, 5.74) is 8.35. The van der Waals surface area contributed by atoms with E-state index in [0.717, 1.165) is 45.9 Å². The average Bonchev–Trinajstić information content (AvgIpc) is 3.84. The van der Waals surface area contributed by atoms with Crippen molar-refractivity contribution in [2.45, 2.75) is 104 Å². The molecule has 1 unspecified atom stereocenters. The van der Waals surface area contributed by atoms with Gasteiger partial charge in [-0.2, -0.15) is 0 Å². The summed E-state index contributed by atoms with van der Waals surface area (Å²) in [4.78, 5) is 74.2. The van der Waals surface area contributed by atoms with Gasteiger partial charge in [0, 0.05) is 67.9 Å². The molecule has 4 amide bonds. The van der Waals surface area contributed by atoms with Crippen LogP contribution in [0, 0.1) is 11.3 Å². The highest BCUT2D eigenvalue weighted by Gasteiger charge is 2.48. The summed E-state index contributed by atoms with van der Waals surface area (Å²) in [5.74, 6) is -3.27. The van der Waals surface area contributed by atoms with Crippen LogP contribution in [-0.2, 0) is 54.6 Å². The largest absolute Gasteiger partial charge is 0.508 e. The number of carbonyl (C=O) groups is 5. The van der Waals surface area contributed by atoms with E-state index < -0.39 is 64.7 Å². The van der Waals surface area contributed by atoms with Gasteiger partial charge in [0.15, 0.2) is 5.60 Å². The minimum Gasteiger partial charge on any atom is -0.508 e. The zero-order chi connectivity index (χ0) is 48.5. The van der Waals surface area contributed by atoms with Crippen LogP contribution in [0.3, 0.4) is 0 Å². The van der Waals surface area contributed by atoms with E-state index in [1.807, 2.05) is 12.1 Å². The van der Waals surface area contributed by atoms with Crippen molar-refractivity contribution in [2.75, 3.05) is 47.4 Å². The lowest BCUT2D eigenvalue weighted by Gasteiger charge is -2.37. The molecule has 4 N–H and O–H groups in total. The van der Waals surface area contributed by atoms with Crippen molar-refractivity contribution >= 4 is 40.5 Å². The maximum atomic E-state index is 14.7. The zero-order valence-electron chi connectivity index (χ0n) is 40.2. The summed E-state index contributed by atoms with van der Waals surface area (Å²) in [7, 11) is 5.55. The first-order chi connectivity index (χ1) is 31.7. The van der Waals surface area contributed by atoms with Crippen LogP contribution in [0.4, 0.5) is 0 Å². The Balaban J connectivity index is 1.31. The number of hydrogen-bond donors (Lipinski definition) is 4. The summed E-state index contributed by atoms with van der Waals surface area (Å²) in [6.45, 7) is 15.1. The molecule has 3 aromatic carbocycles. The van der Waals surface area contributed by atoms with Crippen molar-refractivity contribution in [1.82, 2.24) is 35.0 Å². The van der Waals surface area contributed by atoms with E-state index in [2.05, 4.69) is 98.1 Å². The normalized spacial score (nSPS) is 21.5. The number of aromatic nitrogens is 1. The Labute approximate surface area is 393 Å². The molecule has 3 aliphatic rings. The van der Waals surface area contributed by atoms with Crippen LogP contribution in [0.5, 0.6) is 5.75 Å². The summed E-state index contributed by atoms with van der Waals surface area (Å²) >= 11 is 0. The number of phenols is 1. The molecule has 2 saturated heterocycles. The number of β-amino-alcohol motifs (C(OH)–C–C–N with tert-alkyl or cyclic N) is 1. The molecular weight excluding hydrogens is 851 g/mol. The molecule has 2 fully saturated rings. The maximum Gasteiger partial charge on any atom is 0.324 e. The molecule has 0 aliphatic carbocycles. The fourth-order valence-electron chi connectivity index (χ4n) is 10.2. The fraction of sp³-hybridized carbons (Fsp3) is 0.481. The number of aliphatic hydroxyl groups is 1. The number of likely N-dealkylation sites (tertiary alicyclic amines) is 1. The average molecular weight is 918 g/mol. The van der Waals surface area contributed by atoms with Crippen molar-refractivity contribution in [3.63, 3.8) is 0 Å². The summed E-state index contributed by atoms with van der Waals surface area (Å²) in [6.07, 6.45) is 2.55. The third-order valence-corrected chi connectivity index (χ3v) is 13.4. The number of hydrogen-bond acceptors (Lipinski definition) is 10. The fourth-order valence-corrected chi connectivity index (χ4v) is 10.2. The van der Waals surface area contributed by atoms with Gasteiger partial charge in [0.05, 0.1) is 18.8 Å². The van der Waals surface area contributed by atoms with Crippen molar-refractivity contribution in [3.05, 3.63) is 90.0 Å². The van der Waals surface area contributed by atoms with Gasteiger partial charge in [-0.1, -0.05) is 70.7 Å². The Morgan fingerprint density at radius 3 is 2.48 bits per heavy atom. The number of amides is 4. The zero-order valence-corrected chi connectivity index (χ0v) is 40.2. The highest BCUT2D eigenvalue weighted by Crippen LogP contribution is 2.42. The SMILES string of the molecule is C=CC(=O)N1CCC(O)(C(=O)N(C)[C@H](C(=O)N[C@H]2Cc3cc(O)cc(c3)-c3ccc4c(c3)c(c(-c3ccccc3CN(C)C)n4CC)CC(C)(C)COC(=O)[C@@H]3CCCN(N3)C2=O)C(C)C)C1. The molecule has 4 heterocycles. The van der Waals surface area contributed by atoms with Gasteiger partial charge in [0.1, 0.15) is 23.9 Å². The number of nitrogens with zero attached hydrogens (tertiary/aromatic N) is 5. The van der Waals surface area contributed by atoms with Crippen LogP contribution in [0.25, 0.3) is 33.3 Å². The number of ether oxygens (including phenoxy) is 1. The second-order valence-electron chi connectivity index (χ2n) is 20.0. The van der Waals surface area contributed by atoms with Crippen molar-refractivity contribution in [3.8, 4) is 28.1 Å². The lowest BCUT2D eigenvalue weighted by Crippen LogP contribution is -2.63. The molecule has 4 atom stereocenters. The topological polar surface area (TPSA) is 177 Å². The van der Waals surface area contributed by atoms with Crippen molar-refractivity contribution in [2.24, 2.45) is 11.3 Å². The first-order valence-corrected chi connectivity index (χ1v) is 23.4. The molecule has 15 heteroatoms. The van der Waals surface area contributed by atoms with Crippen molar-refractivity contribution in [1.29, 1.82) is 0 Å². The standard InChI is InChI=1S/C52H67N7O8/c1-10-44(61)57-22-20-52(66,30-57)50(65)56(9)45(32(3)4)47(62)53-42-25-33-23-36(26-37(60)24-33)34-18-19-43-39(27-34)40(46(58(43)11-2)38-16-13-12-15-35(38)29-55(7)8)28-51(5,6)31-67-49(64)41-17-14-21-59(54-41)48(42)63/h10,12-13,15-16,18-19,23-24,26-27,32,41-42,45,54,60,66H,1,11,14,17,20-22,25,28-31H2,2-9H3,(H,53,62)/t41-,42-,45-,52?/m0/s1. The smallest absolute Gasteiger partial charge is 0.324 e. The Morgan fingerprint density at radius 1 is 1.03 bits per heavy atom. The summed E-state index contributed by atoms with van der Waals surface area (Å²) in [6, 6.07) is 16.7. The molecule has 0 saturated carbocycles. The number of aryl methyl sites for hydroxylation is 1. The quantitative estimate of drug-likeness (QED) is 0.125. The number of rotatable bonds is 10. The van der Waals surface area contributed by atoms with Gasteiger partial charge in [-0.25, -0.2) is 5.43 Å². The Hall–Kier alpha value is -6.03. The number of hydrazine groups is 1. The predicted octanol–water partition coefficient (Wildman–Crippen LogP) is 5.04. The Kier molecular flexibility index (Phi) is 14.4. The van der Waals surface area contributed by atoms with Gasteiger partial charge in [0.2, 0.25) is 11.8 Å². The number of esters is 1. The number of phenolic OH excluding ortho intramolecular Hbond substituents is 1. The molecule has 6 bridgehead atoms. The number of nitrogens with one attached hydrogen (secondary N) is 2. The minimum absolute atomic E-state index is 0.0184. The number of fused-ring (bicyclic) bond motifs is 6. The summed E-state index contributed by atoms with van der Waals surface area (Å²) in [5, 5.41) is 28.2. The number of carbonyl (C=O) groups excluding carboxylic acids is 5. The van der Waals surface area contributed by atoms with E-state index in [-0.39, 0.29) is 44.8 Å². The van der Waals surface area contributed by atoms with Crippen LogP contribution in [0.2, 0.25) is 0 Å². The van der Waals surface area contributed by atoms with Crippen LogP contribution in [0.15, 0.2) is 73.3 Å². The summed E-state index contributed by atoms with van der Waals surface area (Å²) < 4.78 is 8.47. The number of likely N-dealkylation sites (N-methyl/N-ethyl adjacent to an activating group) is 1. The molecule has 0 spiro atoms. The first-order valence-electron chi connectivity index (χ1n) is 23.4. The monoisotopic (exact) mass is 918 g/mol. The van der Waals surface area contributed by atoms with Crippen LogP contribution in [0.1, 0.15) is 70.6 Å². The second-order valence-corrected chi connectivity index (χ2v) is 20.0. The van der Waals surface area contributed by atoms with Crippen molar-refractivity contribution < 1.29 is 38.9 Å². The number of aromatic hydroxyl groups is 1. The third kappa shape index (κ3) is 10.3. The molecule has 4 aromatic rings. The molecule has 358 valence electrons. The van der Waals surface area contributed by atoms with Crippen LogP contribution >= 0.6 is 0 Å². The highest BCUT2D eigenvalue weighted by atomic mass is 16.5. The van der Waals surface area contributed by atoms with Crippen LogP contribution in [-0.4, -0.2) is 135 Å². The maximum absolute atomic E-state index is 14.7. The third-order valence-electron chi connectivity index (χ3n) is 13.4. The van der Waals surface area contributed by atoms with Gasteiger partial charge in [-0.05, 0) is 104 Å². The van der Waals surface area contributed by atoms with E-state index in [0.29, 0.717) is 36.9 Å².